The summed E-state index contributed by atoms with van der Waals surface area (Å²) in [6.45, 7) is 4.71. The van der Waals surface area contributed by atoms with Crippen molar-refractivity contribution in [2.24, 2.45) is 5.10 Å². The van der Waals surface area contributed by atoms with Crippen molar-refractivity contribution < 1.29 is 14.2 Å². The molecule has 0 saturated carbocycles. The van der Waals surface area contributed by atoms with Crippen molar-refractivity contribution in [3.8, 4) is 17.2 Å². The van der Waals surface area contributed by atoms with Gasteiger partial charge in [0.05, 0.1) is 32.7 Å². The summed E-state index contributed by atoms with van der Waals surface area (Å²) in [5, 5.41) is 4.26. The van der Waals surface area contributed by atoms with E-state index in [1.807, 2.05) is 43.3 Å². The van der Waals surface area contributed by atoms with E-state index in [1.54, 1.807) is 20.4 Å². The van der Waals surface area contributed by atoms with Crippen LogP contribution in [0.2, 0.25) is 0 Å². The molecule has 0 heterocycles. The lowest BCUT2D eigenvalue weighted by molar-refractivity contribution is 0.275. The Kier molecular flexibility index (Phi) is 6.49. The highest BCUT2D eigenvalue weighted by Gasteiger charge is 2.13. The third-order valence-electron chi connectivity index (χ3n) is 3.39. The van der Waals surface area contributed by atoms with Gasteiger partial charge in [0.15, 0.2) is 11.5 Å². The fourth-order valence-electron chi connectivity index (χ4n) is 2.13. The van der Waals surface area contributed by atoms with Crippen LogP contribution in [0.3, 0.4) is 0 Å². The summed E-state index contributed by atoms with van der Waals surface area (Å²) in [5.41, 5.74) is 5.99. The van der Waals surface area contributed by atoms with E-state index in [0.29, 0.717) is 23.9 Å². The van der Waals surface area contributed by atoms with Gasteiger partial charge in [-0.3, -0.25) is 5.43 Å². The number of ether oxygens (including phenoxy) is 3. The highest BCUT2D eigenvalue weighted by molar-refractivity contribution is 5.83. The predicted octanol–water partition coefficient (Wildman–Crippen LogP) is 4.25. The molecule has 0 aromatic heterocycles. The van der Waals surface area contributed by atoms with Crippen LogP contribution in [0.1, 0.15) is 24.5 Å². The summed E-state index contributed by atoms with van der Waals surface area (Å²) >= 11 is 0. The fourth-order valence-corrected chi connectivity index (χ4v) is 2.13. The molecule has 0 unspecified atom stereocenters. The molecule has 1 N–H and O–H groups in total. The van der Waals surface area contributed by atoms with Crippen LogP contribution in [0.5, 0.6) is 17.2 Å². The van der Waals surface area contributed by atoms with Gasteiger partial charge in [-0.2, -0.15) is 5.10 Å². The smallest absolute Gasteiger partial charge is 0.203 e. The molecule has 2 aromatic carbocycles. The van der Waals surface area contributed by atoms with E-state index in [1.165, 1.54) is 5.56 Å². The minimum atomic E-state index is 0.606. The number of hydrogen-bond donors (Lipinski definition) is 1. The van der Waals surface area contributed by atoms with Crippen molar-refractivity contribution in [2.45, 2.75) is 20.3 Å². The number of methoxy groups -OCH3 is 2. The second kappa shape index (κ2) is 8.82. The number of hydrazone groups is 1. The first-order valence-corrected chi connectivity index (χ1v) is 7.92. The van der Waals surface area contributed by atoms with Gasteiger partial charge in [-0.1, -0.05) is 24.6 Å². The van der Waals surface area contributed by atoms with Gasteiger partial charge in [0.1, 0.15) is 0 Å². The van der Waals surface area contributed by atoms with Crippen LogP contribution in [0.4, 0.5) is 5.69 Å². The minimum Gasteiger partial charge on any atom is -0.493 e. The van der Waals surface area contributed by atoms with E-state index in [9.17, 15) is 0 Å². The normalized spacial score (nSPS) is 10.7. The van der Waals surface area contributed by atoms with Crippen LogP contribution in [0, 0.1) is 6.92 Å². The molecule has 0 fully saturated rings. The van der Waals surface area contributed by atoms with Gasteiger partial charge in [0.2, 0.25) is 5.75 Å². The van der Waals surface area contributed by atoms with E-state index in [4.69, 9.17) is 14.2 Å². The average Bonchev–Trinajstić information content (AvgIpc) is 2.61. The maximum absolute atomic E-state index is 5.73. The zero-order valence-electron chi connectivity index (χ0n) is 14.6. The summed E-state index contributed by atoms with van der Waals surface area (Å²) in [7, 11) is 3.22. The van der Waals surface area contributed by atoms with Crippen molar-refractivity contribution in [3.05, 3.63) is 47.5 Å². The van der Waals surface area contributed by atoms with Crippen LogP contribution in [-0.2, 0) is 0 Å². The van der Waals surface area contributed by atoms with E-state index in [0.717, 1.165) is 17.7 Å². The molecule has 0 radical (unpaired) electrons. The molecule has 2 rings (SSSR count). The zero-order valence-corrected chi connectivity index (χ0v) is 14.6. The number of rotatable bonds is 8. The molecule has 5 nitrogen and oxygen atoms in total. The monoisotopic (exact) mass is 328 g/mol. The quantitative estimate of drug-likeness (QED) is 0.581. The lowest BCUT2D eigenvalue weighted by Gasteiger charge is -2.14. The number of nitrogens with one attached hydrogen (secondary N) is 1. The molecule has 0 spiro atoms. The molecule has 0 atom stereocenters. The number of nitrogens with zero attached hydrogens (tertiary/aromatic N) is 1. The molecule has 24 heavy (non-hydrogen) atoms. The van der Waals surface area contributed by atoms with Crippen molar-refractivity contribution in [1.82, 2.24) is 0 Å². The molecule has 0 aliphatic carbocycles. The summed E-state index contributed by atoms with van der Waals surface area (Å²) in [5.74, 6) is 1.87. The first kappa shape index (κ1) is 17.7. The Morgan fingerprint density at radius 3 is 2.21 bits per heavy atom. The molecule has 128 valence electrons. The van der Waals surface area contributed by atoms with Crippen LogP contribution in [0.15, 0.2) is 41.5 Å². The Balaban J connectivity index is 2.17. The summed E-state index contributed by atoms with van der Waals surface area (Å²) in [6.07, 6.45) is 2.63. The Hall–Kier alpha value is -2.69. The van der Waals surface area contributed by atoms with Crippen LogP contribution < -0.4 is 19.6 Å². The van der Waals surface area contributed by atoms with Crippen LogP contribution >= 0.6 is 0 Å². The molecule has 0 aliphatic rings. The van der Waals surface area contributed by atoms with E-state index < -0.39 is 0 Å². The van der Waals surface area contributed by atoms with E-state index in [-0.39, 0.29) is 0 Å². The third-order valence-corrected chi connectivity index (χ3v) is 3.39. The van der Waals surface area contributed by atoms with Crippen LogP contribution in [-0.4, -0.2) is 27.0 Å². The second-order valence-electron chi connectivity index (χ2n) is 5.34. The fraction of sp³-hybridized carbons (Fsp3) is 0.316. The molecule has 0 amide bonds. The SMILES string of the molecule is CCCOc1c(OC)cc(/C=N/Nc2ccc(C)cc2)cc1OC. The molecule has 2 aromatic rings. The second-order valence-corrected chi connectivity index (χ2v) is 5.34. The molecule has 0 bridgehead atoms. The molecule has 0 saturated heterocycles. The van der Waals surface area contributed by atoms with Gasteiger partial charge in [-0.25, -0.2) is 0 Å². The molecule has 0 aliphatic heterocycles. The average molecular weight is 328 g/mol. The van der Waals surface area contributed by atoms with Gasteiger partial charge in [-0.15, -0.1) is 0 Å². The van der Waals surface area contributed by atoms with Gasteiger partial charge < -0.3 is 14.2 Å². The van der Waals surface area contributed by atoms with Crippen molar-refractivity contribution in [1.29, 1.82) is 0 Å². The van der Waals surface area contributed by atoms with Crippen LogP contribution in [0.25, 0.3) is 0 Å². The first-order chi connectivity index (χ1) is 11.7. The lowest BCUT2D eigenvalue weighted by Crippen LogP contribution is -2.01. The first-order valence-electron chi connectivity index (χ1n) is 7.92. The van der Waals surface area contributed by atoms with Crippen molar-refractivity contribution in [2.75, 3.05) is 26.3 Å². The Labute approximate surface area is 143 Å². The Bertz CT molecular complexity index is 657. The van der Waals surface area contributed by atoms with Gasteiger partial charge in [0, 0.05) is 5.56 Å². The number of benzene rings is 2. The minimum absolute atomic E-state index is 0.606. The molecular formula is C19H24N2O3. The Morgan fingerprint density at radius 2 is 1.67 bits per heavy atom. The number of anilines is 1. The van der Waals surface area contributed by atoms with Crippen molar-refractivity contribution in [3.63, 3.8) is 0 Å². The Morgan fingerprint density at radius 1 is 1.04 bits per heavy atom. The largest absolute Gasteiger partial charge is 0.493 e. The van der Waals surface area contributed by atoms with Gasteiger partial charge in [0.25, 0.3) is 0 Å². The number of aryl methyl sites for hydroxylation is 1. The maximum atomic E-state index is 5.73. The standard InChI is InChI=1S/C19H24N2O3/c1-5-10-24-19-17(22-3)11-15(12-18(19)23-4)13-20-21-16-8-6-14(2)7-9-16/h6-9,11-13,21H,5,10H2,1-4H3/b20-13+. The van der Waals surface area contributed by atoms with Gasteiger partial charge in [-0.05, 0) is 37.6 Å². The molecular weight excluding hydrogens is 304 g/mol. The van der Waals surface area contributed by atoms with E-state index >= 15 is 0 Å². The topological polar surface area (TPSA) is 52.1 Å². The summed E-state index contributed by atoms with van der Waals surface area (Å²) in [6, 6.07) is 11.8. The highest BCUT2D eigenvalue weighted by atomic mass is 16.5. The zero-order chi connectivity index (χ0) is 17.4. The van der Waals surface area contributed by atoms with Gasteiger partial charge >= 0.3 is 0 Å². The van der Waals surface area contributed by atoms with Crippen molar-refractivity contribution >= 4 is 11.9 Å². The van der Waals surface area contributed by atoms with E-state index in [2.05, 4.69) is 17.5 Å². The predicted molar refractivity (Wildman–Crippen MR) is 97.7 cm³/mol. The lowest BCUT2D eigenvalue weighted by atomic mass is 10.2. The maximum Gasteiger partial charge on any atom is 0.203 e. The molecule has 5 heteroatoms. The summed E-state index contributed by atoms with van der Waals surface area (Å²) in [4.78, 5) is 0. The number of hydrogen-bond acceptors (Lipinski definition) is 5. The third kappa shape index (κ3) is 4.65. The summed E-state index contributed by atoms with van der Waals surface area (Å²) < 4.78 is 16.6. The highest BCUT2D eigenvalue weighted by Crippen LogP contribution is 2.38.